The molecule has 1 aliphatic carbocycles. The number of H-pyrrole nitrogens is 1. The first-order chi connectivity index (χ1) is 16.0. The Morgan fingerprint density at radius 2 is 2.00 bits per heavy atom. The highest BCUT2D eigenvalue weighted by atomic mass is 19.4. The minimum atomic E-state index is -4.49. The Labute approximate surface area is 187 Å². The van der Waals surface area contributed by atoms with Crippen molar-refractivity contribution in [3.63, 3.8) is 0 Å². The van der Waals surface area contributed by atoms with Crippen molar-refractivity contribution in [2.45, 2.75) is 43.9 Å². The van der Waals surface area contributed by atoms with E-state index in [0.29, 0.717) is 40.8 Å². The molecule has 1 aliphatic heterocycles. The van der Waals surface area contributed by atoms with Crippen LogP contribution in [0.25, 0.3) is 33.3 Å². The number of hydrogen-bond acceptors (Lipinski definition) is 6. The van der Waals surface area contributed by atoms with Gasteiger partial charge in [0.25, 0.3) is 0 Å². The van der Waals surface area contributed by atoms with Crippen LogP contribution in [0.4, 0.5) is 13.2 Å². The van der Waals surface area contributed by atoms with E-state index in [1.54, 1.807) is 12.3 Å². The second kappa shape index (κ2) is 7.74. The Morgan fingerprint density at radius 3 is 2.76 bits per heavy atom. The Kier molecular flexibility index (Phi) is 4.81. The molecule has 4 aromatic heterocycles. The number of aromatic nitrogens is 5. The smallest absolute Gasteiger partial charge is 0.336 e. The fourth-order valence-corrected chi connectivity index (χ4v) is 4.58. The van der Waals surface area contributed by atoms with Crippen molar-refractivity contribution in [3.05, 3.63) is 47.7 Å². The van der Waals surface area contributed by atoms with Crippen molar-refractivity contribution in [1.29, 1.82) is 0 Å². The Balaban J connectivity index is 1.50. The summed E-state index contributed by atoms with van der Waals surface area (Å²) in [5.41, 5.74) is 2.54. The number of halogens is 3. The van der Waals surface area contributed by atoms with E-state index in [1.165, 1.54) is 6.20 Å². The van der Waals surface area contributed by atoms with Crippen molar-refractivity contribution >= 4 is 21.9 Å². The van der Waals surface area contributed by atoms with Crippen molar-refractivity contribution in [3.8, 4) is 11.4 Å². The molecule has 4 aromatic rings. The molecule has 1 saturated heterocycles. The van der Waals surface area contributed by atoms with Crippen LogP contribution in [0.15, 0.2) is 30.7 Å². The molecule has 33 heavy (non-hydrogen) atoms. The minimum absolute atomic E-state index is 0.157. The van der Waals surface area contributed by atoms with E-state index < -0.39 is 11.9 Å². The number of pyridine rings is 2. The third kappa shape index (κ3) is 3.83. The molecule has 7 nitrogen and oxygen atoms in total. The van der Waals surface area contributed by atoms with E-state index >= 15 is 0 Å². The van der Waals surface area contributed by atoms with Crippen LogP contribution in [0.3, 0.4) is 0 Å². The summed E-state index contributed by atoms with van der Waals surface area (Å²) >= 11 is 0. The number of nitrogens with one attached hydrogen (secondary N) is 3. The van der Waals surface area contributed by atoms with Crippen LogP contribution in [-0.2, 0) is 12.7 Å². The number of alkyl halides is 3. The number of fused-ring (bicyclic) bond motifs is 2. The average molecular weight is 453 g/mol. The lowest BCUT2D eigenvalue weighted by Gasteiger charge is -2.15. The van der Waals surface area contributed by atoms with Gasteiger partial charge >= 0.3 is 6.18 Å². The fourth-order valence-electron chi connectivity index (χ4n) is 4.58. The molecule has 0 amide bonds. The van der Waals surface area contributed by atoms with Gasteiger partial charge in [-0.3, -0.25) is 4.98 Å². The van der Waals surface area contributed by atoms with E-state index in [-0.39, 0.29) is 5.65 Å². The summed E-state index contributed by atoms with van der Waals surface area (Å²) in [6.45, 7) is 2.44. The predicted molar refractivity (Wildman–Crippen MR) is 118 cm³/mol. The summed E-state index contributed by atoms with van der Waals surface area (Å²) in [6.07, 6.45) is 3.88. The second-order valence-corrected chi connectivity index (χ2v) is 8.76. The van der Waals surface area contributed by atoms with Gasteiger partial charge in [-0.2, -0.15) is 13.2 Å². The first-order valence-electron chi connectivity index (χ1n) is 11.1. The van der Waals surface area contributed by atoms with E-state index in [9.17, 15) is 13.2 Å². The molecule has 2 fully saturated rings. The predicted octanol–water partition coefficient (Wildman–Crippen LogP) is 3.92. The zero-order valence-corrected chi connectivity index (χ0v) is 17.7. The molecule has 0 spiro atoms. The summed E-state index contributed by atoms with van der Waals surface area (Å²) in [7, 11) is 0. The SMILES string of the molecule is FC(F)(F)c1cc2c(-c3nc(CN[C@@H]4CCNC4)c4c(C5CC5)cncc4n3)ccnc2[nH]1. The maximum absolute atomic E-state index is 13.3. The topological polar surface area (TPSA) is 91.4 Å². The van der Waals surface area contributed by atoms with E-state index in [1.807, 2.05) is 6.20 Å². The number of hydrogen-bond donors (Lipinski definition) is 3. The largest absolute Gasteiger partial charge is 0.431 e. The molecule has 10 heteroatoms. The quantitative estimate of drug-likeness (QED) is 0.424. The summed E-state index contributed by atoms with van der Waals surface area (Å²) in [4.78, 5) is 20.5. The molecular weight excluding hydrogens is 431 g/mol. The van der Waals surface area contributed by atoms with E-state index in [4.69, 9.17) is 9.97 Å². The van der Waals surface area contributed by atoms with Crippen LogP contribution >= 0.6 is 0 Å². The maximum atomic E-state index is 13.3. The molecule has 3 N–H and O–H groups in total. The van der Waals surface area contributed by atoms with Crippen molar-refractivity contribution in [2.75, 3.05) is 13.1 Å². The molecule has 1 atom stereocenters. The molecule has 5 heterocycles. The highest BCUT2D eigenvalue weighted by molar-refractivity contribution is 5.93. The number of nitrogens with zero attached hydrogens (tertiary/aromatic N) is 4. The van der Waals surface area contributed by atoms with Crippen LogP contribution < -0.4 is 10.6 Å². The lowest BCUT2D eigenvalue weighted by atomic mass is 10.0. The highest BCUT2D eigenvalue weighted by Gasteiger charge is 2.33. The molecular formula is C23H22F3N7. The van der Waals surface area contributed by atoms with Crippen LogP contribution in [0.2, 0.25) is 0 Å². The van der Waals surface area contributed by atoms with Gasteiger partial charge in [0.1, 0.15) is 11.3 Å². The van der Waals surface area contributed by atoms with Gasteiger partial charge in [0.2, 0.25) is 0 Å². The van der Waals surface area contributed by atoms with E-state index in [0.717, 1.165) is 55.1 Å². The molecule has 0 unspecified atom stereocenters. The number of rotatable bonds is 5. The monoisotopic (exact) mass is 453 g/mol. The molecule has 1 saturated carbocycles. The molecule has 0 aromatic carbocycles. The van der Waals surface area contributed by atoms with Gasteiger partial charge in [0.05, 0.1) is 17.4 Å². The molecule has 170 valence electrons. The lowest BCUT2D eigenvalue weighted by molar-refractivity contribution is -0.140. The summed E-state index contributed by atoms with van der Waals surface area (Å²) in [6, 6.07) is 3.09. The van der Waals surface area contributed by atoms with Gasteiger partial charge in [-0.25, -0.2) is 15.0 Å². The van der Waals surface area contributed by atoms with Gasteiger partial charge in [0.15, 0.2) is 5.82 Å². The van der Waals surface area contributed by atoms with Gasteiger partial charge < -0.3 is 15.6 Å². The van der Waals surface area contributed by atoms with Crippen LogP contribution in [0.5, 0.6) is 0 Å². The third-order valence-corrected chi connectivity index (χ3v) is 6.42. The van der Waals surface area contributed by atoms with Gasteiger partial charge in [0, 0.05) is 47.9 Å². The molecule has 0 bridgehead atoms. The Bertz CT molecular complexity index is 1340. The van der Waals surface area contributed by atoms with Crippen LogP contribution in [0, 0.1) is 0 Å². The molecule has 6 rings (SSSR count). The van der Waals surface area contributed by atoms with Gasteiger partial charge in [-0.15, -0.1) is 0 Å². The normalized spacial score (nSPS) is 19.1. The third-order valence-electron chi connectivity index (χ3n) is 6.42. The average Bonchev–Trinajstić information content (AvgIpc) is 3.31. The van der Waals surface area contributed by atoms with Gasteiger partial charge in [-0.05, 0) is 49.4 Å². The summed E-state index contributed by atoms with van der Waals surface area (Å²) in [5, 5.41) is 8.27. The zero-order chi connectivity index (χ0) is 22.6. The lowest BCUT2D eigenvalue weighted by Crippen LogP contribution is -2.31. The van der Waals surface area contributed by atoms with Gasteiger partial charge in [-0.1, -0.05) is 0 Å². The Morgan fingerprint density at radius 1 is 1.12 bits per heavy atom. The maximum Gasteiger partial charge on any atom is 0.431 e. The van der Waals surface area contributed by atoms with Crippen molar-refractivity contribution in [2.24, 2.45) is 0 Å². The first kappa shape index (κ1) is 20.5. The standard InChI is InChI=1S/C23H22F3N7/c24-23(25,26)19-7-15-14(4-6-29-21(15)33-19)22-31-17-10-28-9-16(12-1-2-12)20(17)18(32-22)11-30-13-3-5-27-8-13/h4,6-7,9-10,12-13,27,30H,1-3,5,8,11H2,(H,29,33)/t13-/m1/s1. The highest BCUT2D eigenvalue weighted by Crippen LogP contribution is 2.43. The number of aromatic amines is 1. The fraction of sp³-hybridized carbons (Fsp3) is 0.391. The molecule has 0 radical (unpaired) electrons. The van der Waals surface area contributed by atoms with E-state index in [2.05, 4.69) is 25.6 Å². The summed E-state index contributed by atoms with van der Waals surface area (Å²) < 4.78 is 39.9. The zero-order valence-electron chi connectivity index (χ0n) is 17.7. The first-order valence-corrected chi connectivity index (χ1v) is 11.1. The van der Waals surface area contributed by atoms with Crippen LogP contribution in [0.1, 0.15) is 42.1 Å². The van der Waals surface area contributed by atoms with Crippen molar-refractivity contribution < 1.29 is 13.2 Å². The van der Waals surface area contributed by atoms with Crippen molar-refractivity contribution in [1.82, 2.24) is 35.6 Å². The molecule has 2 aliphatic rings. The second-order valence-electron chi connectivity index (χ2n) is 8.76. The summed E-state index contributed by atoms with van der Waals surface area (Å²) in [5.74, 6) is 0.841. The Hall–Kier alpha value is -3.11. The van der Waals surface area contributed by atoms with Crippen LogP contribution in [-0.4, -0.2) is 44.1 Å². The minimum Gasteiger partial charge on any atom is -0.336 e.